The Labute approximate surface area is 117 Å². The molecule has 1 fully saturated rings. The summed E-state index contributed by atoms with van der Waals surface area (Å²) in [5.74, 6) is -0.318. The summed E-state index contributed by atoms with van der Waals surface area (Å²) in [6.45, 7) is 3.89. The first-order valence-electron chi connectivity index (χ1n) is 6.42. The van der Waals surface area contributed by atoms with E-state index in [9.17, 15) is 9.59 Å². The highest BCUT2D eigenvalue weighted by atomic mass is 35.5. The predicted molar refractivity (Wildman–Crippen MR) is 74.6 cm³/mol. The SMILES string of the molecule is CCC1(CC)CC(=O)N(Nc2ccc(Cl)cc2)C1=O. The maximum atomic E-state index is 12.4. The average molecular weight is 281 g/mol. The van der Waals surface area contributed by atoms with Gasteiger partial charge in [0.1, 0.15) is 0 Å². The Morgan fingerprint density at radius 2 is 1.79 bits per heavy atom. The third-order valence-electron chi connectivity index (χ3n) is 3.83. The molecule has 1 aromatic rings. The monoisotopic (exact) mass is 280 g/mol. The Hall–Kier alpha value is -1.55. The zero-order valence-corrected chi connectivity index (χ0v) is 11.8. The van der Waals surface area contributed by atoms with E-state index in [1.165, 1.54) is 0 Å². The van der Waals surface area contributed by atoms with Crippen LogP contribution >= 0.6 is 11.6 Å². The Bertz CT molecular complexity index is 495. The van der Waals surface area contributed by atoms with Crippen molar-refractivity contribution in [2.24, 2.45) is 5.41 Å². The third kappa shape index (κ3) is 2.45. The standard InChI is InChI=1S/C14H17ClN2O2/c1-3-14(4-2)9-12(18)17(13(14)19)16-11-7-5-10(15)6-8-11/h5-8,16H,3-4,9H2,1-2H3. The van der Waals surface area contributed by atoms with E-state index in [0.717, 1.165) is 5.01 Å². The van der Waals surface area contributed by atoms with E-state index in [0.29, 0.717) is 23.6 Å². The molecule has 0 radical (unpaired) electrons. The molecule has 0 aromatic heterocycles. The maximum absolute atomic E-state index is 12.4. The summed E-state index contributed by atoms with van der Waals surface area (Å²) in [7, 11) is 0. The quantitative estimate of drug-likeness (QED) is 0.862. The zero-order chi connectivity index (χ0) is 14.0. The molecule has 0 spiro atoms. The number of amides is 2. The lowest BCUT2D eigenvalue weighted by molar-refractivity contribution is -0.140. The lowest BCUT2D eigenvalue weighted by Crippen LogP contribution is -2.39. The highest BCUT2D eigenvalue weighted by Crippen LogP contribution is 2.39. The van der Waals surface area contributed by atoms with E-state index in [-0.39, 0.29) is 18.2 Å². The fourth-order valence-electron chi connectivity index (χ4n) is 2.36. The highest BCUT2D eigenvalue weighted by Gasteiger charge is 2.49. The number of hydrogen-bond donors (Lipinski definition) is 1. The fourth-order valence-corrected chi connectivity index (χ4v) is 2.49. The molecule has 5 heteroatoms. The van der Waals surface area contributed by atoms with Gasteiger partial charge >= 0.3 is 0 Å². The first-order valence-corrected chi connectivity index (χ1v) is 6.80. The number of anilines is 1. The molecule has 0 bridgehead atoms. The molecule has 1 aliphatic heterocycles. The first kappa shape index (κ1) is 13.9. The minimum Gasteiger partial charge on any atom is -0.289 e. The summed E-state index contributed by atoms with van der Waals surface area (Å²) in [4.78, 5) is 24.4. The van der Waals surface area contributed by atoms with Gasteiger partial charge in [0.2, 0.25) is 5.91 Å². The number of nitrogens with zero attached hydrogens (tertiary/aromatic N) is 1. The normalized spacial score (nSPS) is 17.9. The summed E-state index contributed by atoms with van der Waals surface area (Å²) in [6.07, 6.45) is 1.62. The van der Waals surface area contributed by atoms with Crippen molar-refractivity contribution in [3.05, 3.63) is 29.3 Å². The molecule has 1 aliphatic rings. The molecule has 2 rings (SSSR count). The molecule has 4 nitrogen and oxygen atoms in total. The van der Waals surface area contributed by atoms with Gasteiger partial charge in [0.25, 0.3) is 5.91 Å². The Morgan fingerprint density at radius 1 is 1.21 bits per heavy atom. The van der Waals surface area contributed by atoms with E-state index in [2.05, 4.69) is 5.43 Å². The van der Waals surface area contributed by atoms with E-state index >= 15 is 0 Å². The van der Waals surface area contributed by atoms with Crippen LogP contribution in [0.3, 0.4) is 0 Å². The van der Waals surface area contributed by atoms with Gasteiger partial charge in [-0.1, -0.05) is 25.4 Å². The van der Waals surface area contributed by atoms with Gasteiger partial charge in [0.05, 0.1) is 11.1 Å². The minimum atomic E-state index is -0.545. The van der Waals surface area contributed by atoms with Gasteiger partial charge < -0.3 is 0 Å². The van der Waals surface area contributed by atoms with Crippen molar-refractivity contribution in [2.45, 2.75) is 33.1 Å². The summed E-state index contributed by atoms with van der Waals surface area (Å²) in [6, 6.07) is 6.89. The molecule has 0 saturated carbocycles. The molecule has 0 aliphatic carbocycles. The lowest BCUT2D eigenvalue weighted by Gasteiger charge is -2.24. The van der Waals surface area contributed by atoms with Crippen LogP contribution in [-0.4, -0.2) is 16.8 Å². The summed E-state index contributed by atoms with van der Waals surface area (Å²) in [5, 5.41) is 1.75. The molecule has 1 heterocycles. The van der Waals surface area contributed by atoms with Gasteiger partial charge in [-0.15, -0.1) is 0 Å². The first-order chi connectivity index (χ1) is 9.02. The number of imide groups is 1. The largest absolute Gasteiger partial charge is 0.289 e. The Balaban J connectivity index is 2.19. The van der Waals surface area contributed by atoms with Crippen LogP contribution in [0.2, 0.25) is 5.02 Å². The van der Waals surface area contributed by atoms with Crippen LogP contribution in [0.5, 0.6) is 0 Å². The molecule has 0 unspecified atom stereocenters. The smallest absolute Gasteiger partial charge is 0.254 e. The van der Waals surface area contributed by atoms with E-state index < -0.39 is 5.41 Å². The van der Waals surface area contributed by atoms with Crippen molar-refractivity contribution in [3.63, 3.8) is 0 Å². The molecule has 2 amide bonds. The fraction of sp³-hybridized carbons (Fsp3) is 0.429. The molecule has 0 atom stereocenters. The second kappa shape index (κ2) is 5.21. The van der Waals surface area contributed by atoms with Gasteiger partial charge in [0, 0.05) is 11.4 Å². The highest BCUT2D eigenvalue weighted by molar-refractivity contribution is 6.30. The second-order valence-corrected chi connectivity index (χ2v) is 5.25. The zero-order valence-electron chi connectivity index (χ0n) is 11.1. The number of rotatable bonds is 4. The lowest BCUT2D eigenvalue weighted by atomic mass is 9.81. The molecule has 1 N–H and O–H groups in total. The molecule has 102 valence electrons. The molecular formula is C14H17ClN2O2. The number of benzene rings is 1. The summed E-state index contributed by atoms with van der Waals surface area (Å²) >= 11 is 5.80. The van der Waals surface area contributed by atoms with Crippen LogP contribution in [0.25, 0.3) is 0 Å². The molecule has 19 heavy (non-hydrogen) atoms. The molecular weight excluding hydrogens is 264 g/mol. The molecule has 1 aromatic carbocycles. The number of nitrogens with one attached hydrogen (secondary N) is 1. The maximum Gasteiger partial charge on any atom is 0.254 e. The van der Waals surface area contributed by atoms with Crippen LogP contribution in [0.15, 0.2) is 24.3 Å². The van der Waals surface area contributed by atoms with Crippen LogP contribution in [0, 0.1) is 5.41 Å². The van der Waals surface area contributed by atoms with Crippen molar-refractivity contribution in [2.75, 3.05) is 5.43 Å². The number of hydrogen-bond acceptors (Lipinski definition) is 3. The van der Waals surface area contributed by atoms with Crippen LogP contribution in [-0.2, 0) is 9.59 Å². The van der Waals surface area contributed by atoms with Crippen LogP contribution < -0.4 is 5.43 Å². The van der Waals surface area contributed by atoms with Crippen molar-refractivity contribution < 1.29 is 9.59 Å². The number of hydrazine groups is 1. The Kier molecular flexibility index (Phi) is 3.80. The van der Waals surface area contributed by atoms with E-state index in [1.54, 1.807) is 24.3 Å². The summed E-state index contributed by atoms with van der Waals surface area (Å²) in [5.41, 5.74) is 3.00. The number of carbonyl (C=O) groups is 2. The van der Waals surface area contributed by atoms with Crippen molar-refractivity contribution >= 4 is 29.1 Å². The van der Waals surface area contributed by atoms with Gasteiger partial charge in [0.15, 0.2) is 0 Å². The van der Waals surface area contributed by atoms with Crippen molar-refractivity contribution in [3.8, 4) is 0 Å². The van der Waals surface area contributed by atoms with Gasteiger partial charge in [-0.05, 0) is 37.1 Å². The molecule has 1 saturated heterocycles. The third-order valence-corrected chi connectivity index (χ3v) is 4.09. The van der Waals surface area contributed by atoms with Crippen LogP contribution in [0.1, 0.15) is 33.1 Å². The second-order valence-electron chi connectivity index (χ2n) is 4.82. The number of halogens is 1. The predicted octanol–water partition coefficient (Wildman–Crippen LogP) is 3.23. The van der Waals surface area contributed by atoms with Gasteiger partial charge in [-0.2, -0.15) is 5.01 Å². The van der Waals surface area contributed by atoms with Gasteiger partial charge in [-0.25, -0.2) is 0 Å². The van der Waals surface area contributed by atoms with Gasteiger partial charge in [-0.3, -0.25) is 15.0 Å². The van der Waals surface area contributed by atoms with E-state index in [1.807, 2.05) is 13.8 Å². The number of carbonyl (C=O) groups excluding carboxylic acids is 2. The average Bonchev–Trinajstić information content (AvgIpc) is 2.66. The Morgan fingerprint density at radius 3 is 2.26 bits per heavy atom. The minimum absolute atomic E-state index is 0.141. The van der Waals surface area contributed by atoms with Crippen LogP contribution in [0.4, 0.5) is 5.69 Å². The van der Waals surface area contributed by atoms with E-state index in [4.69, 9.17) is 11.6 Å². The van der Waals surface area contributed by atoms with Crippen molar-refractivity contribution in [1.29, 1.82) is 0 Å². The van der Waals surface area contributed by atoms with Crippen molar-refractivity contribution in [1.82, 2.24) is 5.01 Å². The summed E-state index contributed by atoms with van der Waals surface area (Å²) < 4.78 is 0. The topological polar surface area (TPSA) is 49.4 Å².